The molecule has 0 saturated carbocycles. The first-order valence-electron chi connectivity index (χ1n) is 5.95. The minimum absolute atomic E-state index is 0.109. The molecule has 20 heavy (non-hydrogen) atoms. The molecule has 0 fully saturated rings. The van der Waals surface area contributed by atoms with Gasteiger partial charge in [0.2, 0.25) is 10.0 Å². The van der Waals surface area contributed by atoms with Crippen LogP contribution in [0.3, 0.4) is 0 Å². The second-order valence-electron chi connectivity index (χ2n) is 4.39. The van der Waals surface area contributed by atoms with Crippen molar-refractivity contribution in [1.82, 2.24) is 4.72 Å². The number of rotatable bonds is 4. The molecule has 0 saturated heterocycles. The first-order chi connectivity index (χ1) is 9.38. The van der Waals surface area contributed by atoms with Gasteiger partial charge in [0.1, 0.15) is 5.75 Å². The number of phenols is 1. The lowest BCUT2D eigenvalue weighted by atomic mass is 10.1. The third-order valence-corrected chi connectivity index (χ3v) is 4.91. The van der Waals surface area contributed by atoms with Crippen molar-refractivity contribution in [1.29, 1.82) is 0 Å². The lowest BCUT2D eigenvalue weighted by molar-refractivity contribution is 0.473. The van der Waals surface area contributed by atoms with Crippen molar-refractivity contribution in [3.05, 3.63) is 58.6 Å². The van der Waals surface area contributed by atoms with Gasteiger partial charge in [-0.2, -0.15) is 0 Å². The highest BCUT2D eigenvalue weighted by Crippen LogP contribution is 2.21. The molecule has 106 valence electrons. The fourth-order valence-electron chi connectivity index (χ4n) is 1.78. The molecule has 0 spiro atoms. The van der Waals surface area contributed by atoms with Crippen LogP contribution in [0.4, 0.5) is 0 Å². The zero-order valence-electron chi connectivity index (χ0n) is 10.7. The van der Waals surface area contributed by atoms with E-state index < -0.39 is 16.1 Å². The van der Waals surface area contributed by atoms with Crippen LogP contribution >= 0.6 is 15.9 Å². The molecule has 0 aliphatic heterocycles. The summed E-state index contributed by atoms with van der Waals surface area (Å²) in [6.07, 6.45) is 0. The van der Waals surface area contributed by atoms with Crippen molar-refractivity contribution >= 4 is 26.0 Å². The summed E-state index contributed by atoms with van der Waals surface area (Å²) in [6.45, 7) is 1.73. The fourth-order valence-corrected chi connectivity index (χ4v) is 3.27. The molecule has 0 heterocycles. The van der Waals surface area contributed by atoms with Crippen LogP contribution in [0.5, 0.6) is 5.75 Å². The van der Waals surface area contributed by atoms with Gasteiger partial charge in [-0.1, -0.05) is 28.1 Å². The van der Waals surface area contributed by atoms with Crippen molar-refractivity contribution in [2.45, 2.75) is 17.9 Å². The molecule has 1 unspecified atom stereocenters. The number of benzene rings is 2. The predicted octanol–water partition coefficient (Wildman–Crippen LogP) is 3.19. The number of nitrogens with one attached hydrogen (secondary N) is 1. The molecule has 0 aliphatic carbocycles. The monoisotopic (exact) mass is 355 g/mol. The van der Waals surface area contributed by atoms with E-state index in [1.54, 1.807) is 37.3 Å². The Kier molecular flexibility index (Phi) is 4.47. The Morgan fingerprint density at radius 2 is 1.80 bits per heavy atom. The van der Waals surface area contributed by atoms with Gasteiger partial charge in [-0.25, -0.2) is 13.1 Å². The predicted molar refractivity (Wildman–Crippen MR) is 81.0 cm³/mol. The van der Waals surface area contributed by atoms with Gasteiger partial charge < -0.3 is 5.11 Å². The molecule has 2 aromatic rings. The van der Waals surface area contributed by atoms with Crippen LogP contribution in [-0.2, 0) is 10.0 Å². The Labute approximate surface area is 126 Å². The van der Waals surface area contributed by atoms with Gasteiger partial charge in [0.05, 0.1) is 4.90 Å². The molecule has 0 amide bonds. The highest BCUT2D eigenvalue weighted by molar-refractivity contribution is 9.10. The summed E-state index contributed by atoms with van der Waals surface area (Å²) in [5, 5.41) is 9.43. The molecule has 4 nitrogen and oxygen atoms in total. The SMILES string of the molecule is CC(NS(=O)(=O)c1ccc(Br)cc1)c1cccc(O)c1. The molecule has 2 rings (SSSR count). The maximum atomic E-state index is 12.2. The van der Waals surface area contributed by atoms with E-state index in [0.717, 1.165) is 4.47 Å². The van der Waals surface area contributed by atoms with Gasteiger partial charge in [-0.15, -0.1) is 0 Å². The second-order valence-corrected chi connectivity index (χ2v) is 7.02. The average molecular weight is 356 g/mol. The minimum Gasteiger partial charge on any atom is -0.508 e. The van der Waals surface area contributed by atoms with Crippen LogP contribution in [-0.4, -0.2) is 13.5 Å². The lowest BCUT2D eigenvalue weighted by Crippen LogP contribution is -2.26. The van der Waals surface area contributed by atoms with Gasteiger partial charge in [0.15, 0.2) is 0 Å². The summed E-state index contributed by atoms with van der Waals surface area (Å²) < 4.78 is 27.8. The first kappa shape index (κ1) is 15.0. The van der Waals surface area contributed by atoms with E-state index in [1.165, 1.54) is 18.2 Å². The Morgan fingerprint density at radius 1 is 1.15 bits per heavy atom. The highest BCUT2D eigenvalue weighted by Gasteiger charge is 2.18. The van der Waals surface area contributed by atoms with Crippen LogP contribution in [0.2, 0.25) is 0 Å². The standard InChI is InChI=1S/C14H14BrNO3S/c1-10(11-3-2-4-13(17)9-11)16-20(18,19)14-7-5-12(15)6-8-14/h2-10,16-17H,1H3. The van der Waals surface area contributed by atoms with E-state index in [-0.39, 0.29) is 10.6 Å². The quantitative estimate of drug-likeness (QED) is 0.884. The minimum atomic E-state index is -3.59. The van der Waals surface area contributed by atoms with Crippen LogP contribution in [0.1, 0.15) is 18.5 Å². The number of sulfonamides is 1. The maximum absolute atomic E-state index is 12.2. The van der Waals surface area contributed by atoms with Crippen molar-refractivity contribution in [2.24, 2.45) is 0 Å². The maximum Gasteiger partial charge on any atom is 0.241 e. The van der Waals surface area contributed by atoms with Crippen molar-refractivity contribution in [3.63, 3.8) is 0 Å². The normalized spacial score (nSPS) is 13.1. The molecule has 2 N–H and O–H groups in total. The van der Waals surface area contributed by atoms with E-state index in [2.05, 4.69) is 20.7 Å². The van der Waals surface area contributed by atoms with Crippen molar-refractivity contribution in [2.75, 3.05) is 0 Å². The number of hydrogen-bond acceptors (Lipinski definition) is 3. The number of phenolic OH excluding ortho intramolecular Hbond substituents is 1. The highest BCUT2D eigenvalue weighted by atomic mass is 79.9. The number of aromatic hydroxyl groups is 1. The van der Waals surface area contributed by atoms with E-state index in [0.29, 0.717) is 5.56 Å². The van der Waals surface area contributed by atoms with Gasteiger partial charge in [-0.05, 0) is 48.9 Å². The summed E-state index contributed by atoms with van der Waals surface area (Å²) in [5.74, 6) is 0.109. The largest absolute Gasteiger partial charge is 0.508 e. The molecule has 1 atom stereocenters. The summed E-state index contributed by atoms with van der Waals surface area (Å²) in [4.78, 5) is 0.202. The molecule has 6 heteroatoms. The van der Waals surface area contributed by atoms with Gasteiger partial charge in [0, 0.05) is 10.5 Å². The zero-order valence-corrected chi connectivity index (χ0v) is 13.1. The topological polar surface area (TPSA) is 66.4 Å². The van der Waals surface area contributed by atoms with E-state index in [1.807, 2.05) is 0 Å². The third-order valence-electron chi connectivity index (χ3n) is 2.83. The summed E-state index contributed by atoms with van der Waals surface area (Å²) in [5.41, 5.74) is 0.700. The van der Waals surface area contributed by atoms with Crippen LogP contribution in [0.15, 0.2) is 57.9 Å². The van der Waals surface area contributed by atoms with Gasteiger partial charge in [0.25, 0.3) is 0 Å². The molecular weight excluding hydrogens is 342 g/mol. The number of hydrogen-bond donors (Lipinski definition) is 2. The Balaban J connectivity index is 2.22. The Bertz CT molecular complexity index is 699. The molecule has 0 radical (unpaired) electrons. The fraction of sp³-hybridized carbons (Fsp3) is 0.143. The average Bonchev–Trinajstić information content (AvgIpc) is 2.38. The Hall–Kier alpha value is -1.37. The molecule has 2 aromatic carbocycles. The van der Waals surface area contributed by atoms with Crippen LogP contribution < -0.4 is 4.72 Å². The zero-order chi connectivity index (χ0) is 14.8. The van der Waals surface area contributed by atoms with E-state index in [9.17, 15) is 13.5 Å². The lowest BCUT2D eigenvalue weighted by Gasteiger charge is -2.15. The summed E-state index contributed by atoms with van der Waals surface area (Å²) in [6, 6.07) is 12.5. The van der Waals surface area contributed by atoms with Gasteiger partial charge >= 0.3 is 0 Å². The Morgan fingerprint density at radius 3 is 2.40 bits per heavy atom. The third kappa shape index (κ3) is 3.59. The van der Waals surface area contributed by atoms with E-state index in [4.69, 9.17) is 0 Å². The molecule has 0 aromatic heterocycles. The number of halogens is 1. The summed E-state index contributed by atoms with van der Waals surface area (Å²) >= 11 is 3.26. The smallest absolute Gasteiger partial charge is 0.241 e. The van der Waals surface area contributed by atoms with Gasteiger partial charge in [-0.3, -0.25) is 0 Å². The van der Waals surface area contributed by atoms with Crippen molar-refractivity contribution < 1.29 is 13.5 Å². The van der Waals surface area contributed by atoms with E-state index >= 15 is 0 Å². The summed E-state index contributed by atoms with van der Waals surface area (Å²) in [7, 11) is -3.59. The van der Waals surface area contributed by atoms with Crippen LogP contribution in [0.25, 0.3) is 0 Å². The molecular formula is C14H14BrNO3S. The molecule has 0 aliphatic rings. The molecule has 0 bridgehead atoms. The van der Waals surface area contributed by atoms with Crippen LogP contribution in [0, 0.1) is 0 Å². The van der Waals surface area contributed by atoms with Crippen molar-refractivity contribution in [3.8, 4) is 5.75 Å². The first-order valence-corrected chi connectivity index (χ1v) is 8.23. The second kappa shape index (κ2) is 5.95.